The van der Waals surface area contributed by atoms with E-state index in [2.05, 4.69) is 0 Å². The van der Waals surface area contributed by atoms with Gasteiger partial charge in [0.2, 0.25) is 6.29 Å². The van der Waals surface area contributed by atoms with E-state index in [-0.39, 0.29) is 5.57 Å². The van der Waals surface area contributed by atoms with Crippen molar-refractivity contribution in [3.05, 3.63) is 47.7 Å². The molecule has 1 saturated carbocycles. The number of aliphatic hydroxyl groups excluding tert-OH is 5. The summed E-state index contributed by atoms with van der Waals surface area (Å²) < 4.78 is 32.4. The molecule has 2 aliphatic heterocycles. The average Bonchev–Trinajstić information content (AvgIpc) is 3.21. The Labute approximate surface area is 230 Å². The SMILES string of the molecule is COC(=O)C1=CO[C@@H](O[C@@H]2O[C@H](CO)[C@@H](O)[C@H](O)[C@H]2O)[C@@H]2[C@@H](C)[C@@H](OC(=O)/C=C/c3ccc(OC)cc3)[C@@H](O)[C@H]12. The predicted molar refractivity (Wildman–Crippen MR) is 134 cm³/mol. The van der Waals surface area contributed by atoms with E-state index in [1.54, 1.807) is 38.3 Å². The van der Waals surface area contributed by atoms with Crippen LogP contribution in [0.4, 0.5) is 0 Å². The first-order valence-corrected chi connectivity index (χ1v) is 12.7. The van der Waals surface area contributed by atoms with Crippen LogP contribution in [0, 0.1) is 17.8 Å². The van der Waals surface area contributed by atoms with Gasteiger partial charge in [-0.05, 0) is 23.8 Å². The molecule has 0 spiro atoms. The summed E-state index contributed by atoms with van der Waals surface area (Å²) in [5.74, 6) is -3.23. The Morgan fingerprint density at radius 3 is 2.30 bits per heavy atom. The molecule has 1 aromatic carbocycles. The first-order chi connectivity index (χ1) is 19.1. The van der Waals surface area contributed by atoms with Crippen LogP contribution in [0.25, 0.3) is 6.08 Å². The smallest absolute Gasteiger partial charge is 0.337 e. The van der Waals surface area contributed by atoms with Crippen molar-refractivity contribution in [2.45, 2.75) is 56.1 Å². The van der Waals surface area contributed by atoms with Crippen LogP contribution in [0.15, 0.2) is 42.2 Å². The molecular weight excluding hydrogens is 532 g/mol. The number of aliphatic hydroxyl groups is 5. The maximum Gasteiger partial charge on any atom is 0.337 e. The highest BCUT2D eigenvalue weighted by Gasteiger charge is 2.59. The van der Waals surface area contributed by atoms with E-state index in [0.29, 0.717) is 11.3 Å². The highest BCUT2D eigenvalue weighted by molar-refractivity contribution is 5.89. The van der Waals surface area contributed by atoms with Crippen molar-refractivity contribution in [1.29, 1.82) is 0 Å². The molecule has 40 heavy (non-hydrogen) atoms. The number of carbonyl (C=O) groups excluding carboxylic acids is 2. The molecule has 220 valence electrons. The van der Waals surface area contributed by atoms with Gasteiger partial charge in [-0.2, -0.15) is 0 Å². The number of hydrogen-bond donors (Lipinski definition) is 5. The van der Waals surface area contributed by atoms with Crippen LogP contribution in [-0.4, -0.2) is 108 Å². The van der Waals surface area contributed by atoms with Crippen molar-refractivity contribution < 1.29 is 63.5 Å². The molecule has 0 aromatic heterocycles. The lowest BCUT2D eigenvalue weighted by atomic mass is 9.82. The lowest BCUT2D eigenvalue weighted by molar-refractivity contribution is -0.343. The molecule has 11 atom stereocenters. The van der Waals surface area contributed by atoms with Gasteiger partial charge in [0.1, 0.15) is 36.3 Å². The summed E-state index contributed by atoms with van der Waals surface area (Å²) in [6.45, 7) is 1.01. The monoisotopic (exact) mass is 566 g/mol. The van der Waals surface area contributed by atoms with Gasteiger partial charge in [0.25, 0.3) is 0 Å². The number of rotatable bonds is 8. The normalized spacial score (nSPS) is 37.3. The average molecular weight is 567 g/mol. The van der Waals surface area contributed by atoms with Gasteiger partial charge >= 0.3 is 11.9 Å². The Morgan fingerprint density at radius 2 is 1.68 bits per heavy atom. The molecule has 13 heteroatoms. The van der Waals surface area contributed by atoms with Gasteiger partial charge in [-0.1, -0.05) is 19.1 Å². The Hall–Kier alpha value is -3.04. The van der Waals surface area contributed by atoms with E-state index < -0.39 is 85.5 Å². The molecule has 1 aliphatic carbocycles. The Morgan fingerprint density at radius 1 is 0.975 bits per heavy atom. The second kappa shape index (κ2) is 12.6. The molecular formula is C27H34O13. The van der Waals surface area contributed by atoms with Crippen molar-refractivity contribution in [2.75, 3.05) is 20.8 Å². The minimum atomic E-state index is -1.70. The van der Waals surface area contributed by atoms with Gasteiger partial charge in [-0.15, -0.1) is 0 Å². The summed E-state index contributed by atoms with van der Waals surface area (Å²) in [6.07, 6.45) is -7.62. The van der Waals surface area contributed by atoms with Crippen LogP contribution in [0.3, 0.4) is 0 Å². The van der Waals surface area contributed by atoms with E-state index in [4.69, 9.17) is 28.4 Å². The lowest BCUT2D eigenvalue weighted by Gasteiger charge is -2.43. The molecule has 2 fully saturated rings. The van der Waals surface area contributed by atoms with Crippen LogP contribution in [0.1, 0.15) is 12.5 Å². The van der Waals surface area contributed by atoms with Crippen molar-refractivity contribution in [3.8, 4) is 5.75 Å². The number of ether oxygens (including phenoxy) is 6. The van der Waals surface area contributed by atoms with Crippen LogP contribution in [0.5, 0.6) is 5.75 Å². The van der Waals surface area contributed by atoms with Gasteiger partial charge in [0, 0.05) is 23.8 Å². The third-order valence-electron chi connectivity index (χ3n) is 7.56. The molecule has 0 radical (unpaired) electrons. The Balaban J connectivity index is 1.53. The zero-order chi connectivity index (χ0) is 29.1. The van der Waals surface area contributed by atoms with E-state index >= 15 is 0 Å². The molecule has 1 saturated heterocycles. The van der Waals surface area contributed by atoms with Gasteiger partial charge in [-0.3, -0.25) is 0 Å². The second-order valence-electron chi connectivity index (χ2n) is 9.86. The fraction of sp³-hybridized carbons (Fsp3) is 0.556. The largest absolute Gasteiger partial charge is 0.497 e. The molecule has 3 aliphatic rings. The predicted octanol–water partition coefficient (Wildman–Crippen LogP) is -0.907. The Kier molecular flexibility index (Phi) is 9.46. The summed E-state index contributed by atoms with van der Waals surface area (Å²) in [7, 11) is 2.71. The van der Waals surface area contributed by atoms with Crippen molar-refractivity contribution in [1.82, 2.24) is 0 Å². The second-order valence-corrected chi connectivity index (χ2v) is 9.86. The molecule has 13 nitrogen and oxygen atoms in total. The highest BCUT2D eigenvalue weighted by Crippen LogP contribution is 2.49. The van der Waals surface area contributed by atoms with E-state index in [9.17, 15) is 35.1 Å². The third kappa shape index (κ3) is 5.86. The van der Waals surface area contributed by atoms with Crippen LogP contribution in [-0.2, 0) is 33.3 Å². The summed E-state index contributed by atoms with van der Waals surface area (Å²) in [5, 5.41) is 51.3. The minimum Gasteiger partial charge on any atom is -0.497 e. The molecule has 0 bridgehead atoms. The molecule has 0 amide bonds. The zero-order valence-corrected chi connectivity index (χ0v) is 22.1. The zero-order valence-electron chi connectivity index (χ0n) is 22.1. The fourth-order valence-corrected chi connectivity index (χ4v) is 5.37. The standard InChI is InChI=1S/C27H34O13/c1-12-18-19(21(31)24(12)39-17(29)9-6-13-4-7-14(35-2)8-5-13)15(25(34)36-3)11-37-26(18)40-27-23(33)22(32)20(30)16(10-28)38-27/h4-9,11-12,16,18-24,26-28,30-33H,10H2,1-3H3/b9-6+/t12-,16-,18-,19-,20-,21+,22+,23-,24-,26+,27+/m1/s1. The van der Waals surface area contributed by atoms with Crippen LogP contribution in [0.2, 0.25) is 0 Å². The van der Waals surface area contributed by atoms with Crippen molar-refractivity contribution in [2.24, 2.45) is 17.8 Å². The van der Waals surface area contributed by atoms with Crippen molar-refractivity contribution >= 4 is 18.0 Å². The third-order valence-corrected chi connectivity index (χ3v) is 7.56. The molecule has 0 unspecified atom stereocenters. The number of fused-ring (bicyclic) bond motifs is 1. The van der Waals surface area contributed by atoms with E-state index in [1.165, 1.54) is 19.3 Å². The lowest BCUT2D eigenvalue weighted by Crippen LogP contribution is -2.60. The van der Waals surface area contributed by atoms with E-state index in [1.807, 2.05) is 0 Å². The van der Waals surface area contributed by atoms with Gasteiger partial charge < -0.3 is 54.0 Å². The summed E-state index contributed by atoms with van der Waals surface area (Å²) >= 11 is 0. The van der Waals surface area contributed by atoms with Gasteiger partial charge in [-0.25, -0.2) is 9.59 Å². The number of esters is 2. The van der Waals surface area contributed by atoms with Crippen molar-refractivity contribution in [3.63, 3.8) is 0 Å². The quantitative estimate of drug-likeness (QED) is 0.192. The molecule has 5 N–H and O–H groups in total. The van der Waals surface area contributed by atoms with Gasteiger partial charge in [0.05, 0.1) is 38.8 Å². The molecule has 4 rings (SSSR count). The number of benzene rings is 1. The van der Waals surface area contributed by atoms with Crippen LogP contribution >= 0.6 is 0 Å². The molecule has 2 heterocycles. The number of carbonyl (C=O) groups is 2. The highest BCUT2D eigenvalue weighted by atomic mass is 16.8. The first kappa shape index (κ1) is 29.9. The van der Waals surface area contributed by atoms with Gasteiger partial charge in [0.15, 0.2) is 6.29 Å². The minimum absolute atomic E-state index is 0.00664. The first-order valence-electron chi connectivity index (χ1n) is 12.7. The fourth-order valence-electron chi connectivity index (χ4n) is 5.37. The Bertz CT molecular complexity index is 1100. The van der Waals surface area contributed by atoms with Crippen LogP contribution < -0.4 is 4.74 Å². The molecule has 1 aromatic rings. The van der Waals surface area contributed by atoms with E-state index in [0.717, 1.165) is 6.26 Å². The number of methoxy groups -OCH3 is 2. The summed E-state index contributed by atoms with van der Waals surface area (Å²) in [5.41, 5.74) is 0.705. The topological polar surface area (TPSA) is 191 Å². The maximum atomic E-state index is 12.7. The summed E-state index contributed by atoms with van der Waals surface area (Å²) in [4.78, 5) is 25.2. The maximum absolute atomic E-state index is 12.7. The number of hydrogen-bond acceptors (Lipinski definition) is 13. The summed E-state index contributed by atoms with van der Waals surface area (Å²) in [6, 6.07) is 6.95.